The van der Waals surface area contributed by atoms with E-state index in [0.29, 0.717) is 44.0 Å². The van der Waals surface area contributed by atoms with Crippen LogP contribution in [0.4, 0.5) is 11.4 Å². The van der Waals surface area contributed by atoms with Crippen LogP contribution in [0.1, 0.15) is 5.82 Å². The van der Waals surface area contributed by atoms with Gasteiger partial charge in [-0.25, -0.2) is 0 Å². The van der Waals surface area contributed by atoms with Gasteiger partial charge in [0.2, 0.25) is 11.8 Å². The molecule has 2 N–H and O–H groups in total. The molecule has 0 atom stereocenters. The summed E-state index contributed by atoms with van der Waals surface area (Å²) in [7, 11) is 0. The number of nitrogens with one attached hydrogen (secondary N) is 2. The van der Waals surface area contributed by atoms with Crippen molar-refractivity contribution in [2.75, 3.05) is 16.4 Å². The Hall–Kier alpha value is -2.52. The Kier molecular flexibility index (Phi) is 8.58. The summed E-state index contributed by atoms with van der Waals surface area (Å²) >= 11 is 19.0. The number of hydrogen-bond acceptors (Lipinski definition) is 5. The van der Waals surface area contributed by atoms with Gasteiger partial charge in [0.1, 0.15) is 5.82 Å². The number of benzene rings is 2. The number of carbonyl (C=O) groups excluding carboxylic acids is 2. The van der Waals surface area contributed by atoms with Gasteiger partial charge in [-0.1, -0.05) is 52.6 Å². The normalized spacial score (nSPS) is 10.6. The average molecular weight is 511 g/mol. The summed E-state index contributed by atoms with van der Waals surface area (Å²) in [6.45, 7) is 4.13. The van der Waals surface area contributed by atoms with Crippen molar-refractivity contribution in [2.45, 2.75) is 18.1 Å². The van der Waals surface area contributed by atoms with Crippen LogP contribution < -0.4 is 10.6 Å². The van der Waals surface area contributed by atoms with Gasteiger partial charge < -0.3 is 15.2 Å². The second kappa shape index (κ2) is 11.4. The maximum Gasteiger partial charge on any atom is 0.234 e. The molecule has 0 aliphatic heterocycles. The largest absolute Gasteiger partial charge is 0.326 e. The lowest BCUT2D eigenvalue weighted by Crippen LogP contribution is -2.18. The predicted octanol–water partition coefficient (Wildman–Crippen LogP) is 5.34. The molecule has 3 rings (SSSR count). The number of aromatic nitrogens is 3. The number of amides is 2. The van der Waals surface area contributed by atoms with Crippen LogP contribution in [-0.4, -0.2) is 32.3 Å². The zero-order valence-electron chi connectivity index (χ0n) is 16.6. The zero-order valence-corrected chi connectivity index (χ0v) is 19.7. The first-order valence-electron chi connectivity index (χ1n) is 9.32. The fraction of sp³-hybridized carbons (Fsp3) is 0.143. The van der Waals surface area contributed by atoms with Gasteiger partial charge in [0.25, 0.3) is 0 Å². The van der Waals surface area contributed by atoms with E-state index in [1.165, 1.54) is 11.8 Å². The van der Waals surface area contributed by atoms with Crippen molar-refractivity contribution >= 4 is 69.8 Å². The average Bonchev–Trinajstić information content (AvgIpc) is 3.12. The van der Waals surface area contributed by atoms with E-state index in [2.05, 4.69) is 27.4 Å². The summed E-state index contributed by atoms with van der Waals surface area (Å²) in [6.07, 6.45) is 1.68. The third-order valence-electron chi connectivity index (χ3n) is 4.09. The number of carbonyl (C=O) groups is 2. The van der Waals surface area contributed by atoms with Crippen LogP contribution in [0, 0.1) is 0 Å². The molecular formula is C21H18Cl3N5O2S. The smallest absolute Gasteiger partial charge is 0.234 e. The standard InChI is InChI=1S/C21H18Cl3N5O2S/c1-2-9-29-18(11-19(30)25-15-6-3-13(22)4-7-15)27-28-21(29)32-12-20(31)26-17-8-5-14(23)10-16(17)24/h2-8,10H,1,9,11-12H2,(H,25,30)(H,26,31). The molecule has 0 spiro atoms. The van der Waals surface area contributed by atoms with Crippen LogP contribution in [0.15, 0.2) is 60.3 Å². The van der Waals surface area contributed by atoms with Gasteiger partial charge >= 0.3 is 0 Å². The Balaban J connectivity index is 1.62. The quantitative estimate of drug-likeness (QED) is 0.300. The van der Waals surface area contributed by atoms with Gasteiger partial charge in [-0.3, -0.25) is 9.59 Å². The monoisotopic (exact) mass is 509 g/mol. The number of nitrogens with zero attached hydrogens (tertiary/aromatic N) is 3. The fourth-order valence-corrected chi connectivity index (χ4v) is 4.01. The topological polar surface area (TPSA) is 88.9 Å². The summed E-state index contributed by atoms with van der Waals surface area (Å²) in [5, 5.41) is 15.7. The highest BCUT2D eigenvalue weighted by atomic mass is 35.5. The summed E-state index contributed by atoms with van der Waals surface area (Å²) in [4.78, 5) is 24.7. The Labute approximate surface area is 204 Å². The zero-order chi connectivity index (χ0) is 23.1. The molecule has 1 aromatic heterocycles. The number of thioether (sulfide) groups is 1. The van der Waals surface area contributed by atoms with Crippen molar-refractivity contribution in [3.8, 4) is 0 Å². The minimum atomic E-state index is -0.269. The summed E-state index contributed by atoms with van der Waals surface area (Å²) in [5.74, 6) is 0.0108. The predicted molar refractivity (Wildman–Crippen MR) is 130 cm³/mol. The Bertz CT molecular complexity index is 1130. The Morgan fingerprint density at radius 2 is 1.72 bits per heavy atom. The van der Waals surface area contributed by atoms with Crippen molar-refractivity contribution in [3.05, 3.63) is 76.0 Å². The second-order valence-corrected chi connectivity index (χ2v) is 8.71. The molecule has 166 valence electrons. The van der Waals surface area contributed by atoms with Gasteiger partial charge in [-0.2, -0.15) is 0 Å². The van der Waals surface area contributed by atoms with Crippen molar-refractivity contribution < 1.29 is 9.59 Å². The van der Waals surface area contributed by atoms with E-state index in [4.69, 9.17) is 34.8 Å². The number of anilines is 2. The molecule has 0 saturated carbocycles. The van der Waals surface area contributed by atoms with Crippen LogP contribution >= 0.6 is 46.6 Å². The first-order valence-corrected chi connectivity index (χ1v) is 11.4. The van der Waals surface area contributed by atoms with Crippen molar-refractivity contribution in [2.24, 2.45) is 0 Å². The third kappa shape index (κ3) is 6.74. The van der Waals surface area contributed by atoms with E-state index in [1.807, 2.05) is 0 Å². The van der Waals surface area contributed by atoms with Crippen LogP contribution in [0.25, 0.3) is 0 Å². The highest BCUT2D eigenvalue weighted by Gasteiger charge is 2.17. The molecule has 0 saturated heterocycles. The van der Waals surface area contributed by atoms with Gasteiger partial charge in [0.05, 0.1) is 22.9 Å². The molecule has 0 unspecified atom stereocenters. The highest BCUT2D eigenvalue weighted by molar-refractivity contribution is 7.99. The number of rotatable bonds is 9. The van der Waals surface area contributed by atoms with Gasteiger partial charge in [-0.05, 0) is 42.5 Å². The molecule has 0 fully saturated rings. The van der Waals surface area contributed by atoms with Gasteiger partial charge in [0, 0.05) is 22.3 Å². The fourth-order valence-electron chi connectivity index (χ4n) is 2.66. The third-order valence-corrected chi connectivity index (χ3v) is 5.86. The van der Waals surface area contributed by atoms with E-state index in [9.17, 15) is 9.59 Å². The minimum absolute atomic E-state index is 0.0105. The molecule has 1 heterocycles. The lowest BCUT2D eigenvalue weighted by atomic mass is 10.3. The number of halogens is 3. The van der Waals surface area contributed by atoms with Crippen molar-refractivity contribution in [3.63, 3.8) is 0 Å². The van der Waals surface area contributed by atoms with Crippen LogP contribution in [0.3, 0.4) is 0 Å². The van der Waals surface area contributed by atoms with Gasteiger partial charge in [0.15, 0.2) is 5.16 Å². The highest BCUT2D eigenvalue weighted by Crippen LogP contribution is 2.26. The molecule has 2 aromatic carbocycles. The van der Waals surface area contributed by atoms with E-state index in [1.54, 1.807) is 53.1 Å². The summed E-state index contributed by atoms with van der Waals surface area (Å²) in [6, 6.07) is 11.6. The second-order valence-electron chi connectivity index (χ2n) is 6.49. The molecule has 0 bridgehead atoms. The van der Waals surface area contributed by atoms with Crippen LogP contribution in [0.5, 0.6) is 0 Å². The lowest BCUT2D eigenvalue weighted by Gasteiger charge is -2.09. The summed E-state index contributed by atoms with van der Waals surface area (Å²) < 4.78 is 1.74. The van der Waals surface area contributed by atoms with E-state index in [0.717, 1.165) is 0 Å². The van der Waals surface area contributed by atoms with E-state index >= 15 is 0 Å². The maximum absolute atomic E-state index is 12.4. The maximum atomic E-state index is 12.4. The molecule has 2 amide bonds. The first kappa shape index (κ1) is 24.1. The lowest BCUT2D eigenvalue weighted by molar-refractivity contribution is -0.116. The van der Waals surface area contributed by atoms with E-state index < -0.39 is 0 Å². The molecule has 0 radical (unpaired) electrons. The van der Waals surface area contributed by atoms with Gasteiger partial charge in [-0.15, -0.1) is 16.8 Å². The van der Waals surface area contributed by atoms with E-state index in [-0.39, 0.29) is 24.0 Å². The SMILES string of the molecule is C=CCn1c(CC(=O)Nc2ccc(Cl)cc2)nnc1SCC(=O)Nc1ccc(Cl)cc1Cl. The Morgan fingerprint density at radius 3 is 2.41 bits per heavy atom. The molecule has 11 heteroatoms. The number of allylic oxidation sites excluding steroid dienone is 1. The number of hydrogen-bond donors (Lipinski definition) is 2. The summed E-state index contributed by atoms with van der Waals surface area (Å²) in [5.41, 5.74) is 1.09. The molecule has 3 aromatic rings. The Morgan fingerprint density at radius 1 is 1.00 bits per heavy atom. The van der Waals surface area contributed by atoms with Crippen molar-refractivity contribution in [1.82, 2.24) is 14.8 Å². The first-order chi connectivity index (χ1) is 15.4. The minimum Gasteiger partial charge on any atom is -0.326 e. The molecular weight excluding hydrogens is 493 g/mol. The molecule has 0 aliphatic carbocycles. The molecule has 7 nitrogen and oxygen atoms in total. The van der Waals surface area contributed by atoms with Crippen molar-refractivity contribution in [1.29, 1.82) is 0 Å². The van der Waals surface area contributed by atoms with Crippen LogP contribution in [-0.2, 0) is 22.6 Å². The van der Waals surface area contributed by atoms with Crippen LogP contribution in [0.2, 0.25) is 15.1 Å². The molecule has 32 heavy (non-hydrogen) atoms. The molecule has 0 aliphatic rings.